The van der Waals surface area contributed by atoms with E-state index in [0.717, 1.165) is 142 Å². The van der Waals surface area contributed by atoms with Crippen LogP contribution in [-0.4, -0.2) is 99.4 Å². The Bertz CT molecular complexity index is 1210. The van der Waals surface area contributed by atoms with Crippen molar-refractivity contribution in [3.8, 4) is 0 Å². The summed E-state index contributed by atoms with van der Waals surface area (Å²) in [6.45, 7) is 16.9. The quantitative estimate of drug-likeness (QED) is 0.0349. The highest BCUT2D eigenvalue weighted by atomic mass is 16.6. The molecule has 3 atom stereocenters. The minimum Gasteiger partial charge on any atom is -0.465 e. The predicted molar refractivity (Wildman–Crippen MR) is 272 cm³/mol. The van der Waals surface area contributed by atoms with Gasteiger partial charge < -0.3 is 33.9 Å². The number of esters is 5. The minimum absolute atomic E-state index is 0.0566. The lowest BCUT2D eigenvalue weighted by Gasteiger charge is -2.26. The van der Waals surface area contributed by atoms with Gasteiger partial charge in [-0.05, 0) is 70.9 Å². The number of nitrogens with one attached hydrogen (secondary N) is 1. The van der Waals surface area contributed by atoms with Crippen molar-refractivity contribution in [2.24, 2.45) is 17.8 Å². The zero-order valence-corrected chi connectivity index (χ0v) is 44.6. The third-order valence-corrected chi connectivity index (χ3v) is 12.8. The number of nitrogens with zero attached hydrogens (tertiary/aromatic N) is 1. The van der Waals surface area contributed by atoms with Crippen LogP contribution in [0.1, 0.15) is 241 Å². The van der Waals surface area contributed by atoms with Gasteiger partial charge in [0, 0.05) is 25.9 Å². The average molecular weight is 967 g/mol. The summed E-state index contributed by atoms with van der Waals surface area (Å²) in [6.07, 6.45) is 24.3. The van der Waals surface area contributed by atoms with Crippen molar-refractivity contribution in [2.75, 3.05) is 52.6 Å². The Balaban J connectivity index is 5.73. The molecule has 3 unspecified atom stereocenters. The molecule has 0 aliphatic carbocycles. The molecule has 0 spiro atoms. The molecule has 68 heavy (non-hydrogen) atoms. The van der Waals surface area contributed by atoms with Gasteiger partial charge in [-0.25, -0.2) is 0 Å². The van der Waals surface area contributed by atoms with E-state index in [1.807, 2.05) is 13.8 Å². The number of ether oxygens (including phenoxy) is 5. The van der Waals surface area contributed by atoms with E-state index in [9.17, 15) is 28.8 Å². The van der Waals surface area contributed by atoms with E-state index in [0.29, 0.717) is 38.8 Å². The van der Waals surface area contributed by atoms with E-state index in [2.05, 4.69) is 44.8 Å². The van der Waals surface area contributed by atoms with Crippen molar-refractivity contribution in [3.05, 3.63) is 0 Å². The van der Waals surface area contributed by atoms with Gasteiger partial charge >= 0.3 is 29.8 Å². The third-order valence-electron chi connectivity index (χ3n) is 12.8. The summed E-state index contributed by atoms with van der Waals surface area (Å²) in [5.41, 5.74) is 0. The van der Waals surface area contributed by atoms with Crippen LogP contribution in [0.2, 0.25) is 0 Å². The van der Waals surface area contributed by atoms with E-state index < -0.39 is 35.8 Å². The van der Waals surface area contributed by atoms with E-state index in [-0.39, 0.29) is 69.5 Å². The van der Waals surface area contributed by atoms with Crippen LogP contribution in [0.5, 0.6) is 0 Å². The van der Waals surface area contributed by atoms with Crippen LogP contribution in [0.3, 0.4) is 0 Å². The first-order chi connectivity index (χ1) is 33.0. The van der Waals surface area contributed by atoms with Crippen LogP contribution in [0, 0.1) is 17.8 Å². The molecule has 13 nitrogen and oxygen atoms in total. The van der Waals surface area contributed by atoms with E-state index in [1.54, 1.807) is 0 Å². The number of rotatable bonds is 48. The molecule has 398 valence electrons. The van der Waals surface area contributed by atoms with E-state index in [1.165, 1.54) is 19.3 Å². The minimum atomic E-state index is -1.37. The first kappa shape index (κ1) is 64.8. The Morgan fingerprint density at radius 2 is 0.838 bits per heavy atom. The van der Waals surface area contributed by atoms with Crippen molar-refractivity contribution >= 4 is 35.8 Å². The standard InChI is InChI=1S/C55H102N2O11/c1-8-15-20-23-24-25-30-40-56-53(61)52(68-51(60)39-41-57(13-6)14-7)48(44-66-49(58)37-28-31-42-64-54(62)46(33-18-11-4)35-26-21-16-9-2)45-67-50(59)38-29-32-43-65-55(63)47(34-19-12-5)36-27-22-17-10-3/h46-48,52H,8-45H2,1-7H3,(H,56,61). The maximum Gasteiger partial charge on any atom is 0.308 e. The molecule has 0 aliphatic rings. The molecule has 0 aromatic heterocycles. The van der Waals surface area contributed by atoms with Crippen LogP contribution >= 0.6 is 0 Å². The molecule has 0 saturated carbocycles. The van der Waals surface area contributed by atoms with Gasteiger partial charge in [-0.2, -0.15) is 0 Å². The zero-order chi connectivity index (χ0) is 50.5. The van der Waals surface area contributed by atoms with Crippen molar-refractivity contribution in [1.82, 2.24) is 10.2 Å². The Hall–Kier alpha value is -3.22. The Kier molecular flexibility index (Phi) is 44.0. The fraction of sp³-hybridized carbons (Fsp3) is 0.891. The highest BCUT2D eigenvalue weighted by Gasteiger charge is 2.34. The SMILES string of the molecule is CCCCCCCCCNC(=O)C(OC(=O)CCN(CC)CC)C(COC(=O)CCCCOC(=O)C(CCCC)CCCCCC)COC(=O)CCCCOC(=O)C(CCCC)CCCCCC. The third kappa shape index (κ3) is 35.8. The molecule has 13 heteroatoms. The van der Waals surface area contributed by atoms with Crippen molar-refractivity contribution in [2.45, 2.75) is 247 Å². The van der Waals surface area contributed by atoms with Crippen LogP contribution < -0.4 is 5.32 Å². The zero-order valence-electron chi connectivity index (χ0n) is 44.6. The van der Waals surface area contributed by atoms with Gasteiger partial charge in [-0.1, -0.05) is 164 Å². The second-order valence-corrected chi connectivity index (χ2v) is 18.9. The summed E-state index contributed by atoms with van der Waals surface area (Å²) in [6, 6.07) is 0. The lowest BCUT2D eigenvalue weighted by Crippen LogP contribution is -2.46. The summed E-state index contributed by atoms with van der Waals surface area (Å²) in [4.78, 5) is 81.3. The van der Waals surface area contributed by atoms with Gasteiger partial charge in [-0.15, -0.1) is 0 Å². The smallest absolute Gasteiger partial charge is 0.308 e. The van der Waals surface area contributed by atoms with Gasteiger partial charge in [0.2, 0.25) is 0 Å². The first-order valence-corrected chi connectivity index (χ1v) is 27.8. The van der Waals surface area contributed by atoms with Crippen LogP contribution in [0.25, 0.3) is 0 Å². The van der Waals surface area contributed by atoms with Crippen molar-refractivity contribution in [3.63, 3.8) is 0 Å². The molecule has 0 aromatic rings. The van der Waals surface area contributed by atoms with E-state index in [4.69, 9.17) is 23.7 Å². The monoisotopic (exact) mass is 967 g/mol. The molecule has 0 rings (SSSR count). The Morgan fingerprint density at radius 1 is 0.426 bits per heavy atom. The molecule has 0 bridgehead atoms. The van der Waals surface area contributed by atoms with Crippen LogP contribution in [0.4, 0.5) is 0 Å². The fourth-order valence-electron chi connectivity index (χ4n) is 8.14. The summed E-state index contributed by atoms with van der Waals surface area (Å²) in [5, 5.41) is 2.93. The number of unbranched alkanes of at least 4 members (excludes halogenated alkanes) is 16. The first-order valence-electron chi connectivity index (χ1n) is 27.8. The molecular weight excluding hydrogens is 865 g/mol. The highest BCUT2D eigenvalue weighted by Crippen LogP contribution is 2.21. The second-order valence-electron chi connectivity index (χ2n) is 18.9. The number of amides is 1. The molecule has 0 aromatic carbocycles. The van der Waals surface area contributed by atoms with Crippen LogP contribution in [-0.2, 0) is 52.5 Å². The number of carbonyl (C=O) groups excluding carboxylic acids is 6. The van der Waals surface area contributed by atoms with Gasteiger partial charge in [0.1, 0.15) is 13.2 Å². The number of hydrogen-bond donors (Lipinski definition) is 1. The van der Waals surface area contributed by atoms with E-state index >= 15 is 0 Å². The largest absolute Gasteiger partial charge is 0.465 e. The molecular formula is C55H102N2O11. The predicted octanol–water partition coefficient (Wildman–Crippen LogP) is 12.2. The van der Waals surface area contributed by atoms with Gasteiger partial charge in [-0.3, -0.25) is 28.8 Å². The highest BCUT2D eigenvalue weighted by molar-refractivity contribution is 5.84. The molecule has 0 saturated heterocycles. The summed E-state index contributed by atoms with van der Waals surface area (Å²) < 4.78 is 28.6. The lowest BCUT2D eigenvalue weighted by atomic mass is 9.95. The fourth-order valence-corrected chi connectivity index (χ4v) is 8.14. The number of hydrogen-bond acceptors (Lipinski definition) is 12. The number of carbonyl (C=O) groups is 6. The molecule has 0 radical (unpaired) electrons. The van der Waals surface area contributed by atoms with Crippen LogP contribution in [0.15, 0.2) is 0 Å². The topological polar surface area (TPSA) is 164 Å². The van der Waals surface area contributed by atoms with Crippen molar-refractivity contribution in [1.29, 1.82) is 0 Å². The molecule has 1 amide bonds. The Morgan fingerprint density at radius 3 is 1.28 bits per heavy atom. The normalized spacial score (nSPS) is 13.1. The summed E-state index contributed by atoms with van der Waals surface area (Å²) in [7, 11) is 0. The summed E-state index contributed by atoms with van der Waals surface area (Å²) >= 11 is 0. The molecule has 0 aliphatic heterocycles. The van der Waals surface area contributed by atoms with Gasteiger partial charge in [0.15, 0.2) is 6.10 Å². The van der Waals surface area contributed by atoms with Crippen molar-refractivity contribution < 1.29 is 52.5 Å². The van der Waals surface area contributed by atoms with Gasteiger partial charge in [0.25, 0.3) is 5.91 Å². The molecule has 0 heterocycles. The lowest BCUT2D eigenvalue weighted by molar-refractivity contribution is -0.167. The molecule has 0 fully saturated rings. The maximum absolute atomic E-state index is 13.9. The van der Waals surface area contributed by atoms with Gasteiger partial charge in [0.05, 0.1) is 37.4 Å². The maximum atomic E-state index is 13.9. The second kappa shape index (κ2) is 46.2. The Labute approximate surface area is 414 Å². The average Bonchev–Trinajstić information content (AvgIpc) is 3.33. The molecule has 1 N–H and O–H groups in total. The summed E-state index contributed by atoms with van der Waals surface area (Å²) in [5.74, 6) is -3.64.